The molecule has 0 saturated heterocycles. The molecule has 0 radical (unpaired) electrons. The third-order valence-electron chi connectivity index (χ3n) is 4.95. The topological polar surface area (TPSA) is 61.4 Å². The van der Waals surface area contributed by atoms with E-state index in [0.717, 1.165) is 18.5 Å². The first-order valence-electron chi connectivity index (χ1n) is 10.0. The molecule has 0 saturated carbocycles. The third kappa shape index (κ3) is 7.18. The zero-order valence-corrected chi connectivity index (χ0v) is 16.5. The number of nitrogens with one attached hydrogen (secondary N) is 2. The molecule has 29 heavy (non-hydrogen) atoms. The van der Waals surface area contributed by atoms with Crippen LogP contribution in [0.25, 0.3) is 0 Å². The second-order valence-corrected chi connectivity index (χ2v) is 7.24. The number of benzene rings is 3. The summed E-state index contributed by atoms with van der Waals surface area (Å²) >= 11 is 0. The largest absolute Gasteiger partial charge is 0.480 e. The summed E-state index contributed by atoms with van der Waals surface area (Å²) in [6.07, 6.45) is 1.30. The third-order valence-corrected chi connectivity index (χ3v) is 4.95. The van der Waals surface area contributed by atoms with Crippen molar-refractivity contribution in [2.45, 2.75) is 31.5 Å². The van der Waals surface area contributed by atoms with E-state index in [4.69, 9.17) is 0 Å². The number of carbonyl (C=O) groups is 1. The average molecular weight is 389 g/mol. The average Bonchev–Trinajstić information content (AvgIpc) is 2.76. The summed E-state index contributed by atoms with van der Waals surface area (Å²) in [5.74, 6) is -0.824. The van der Waals surface area contributed by atoms with Crippen molar-refractivity contribution in [1.82, 2.24) is 10.6 Å². The zero-order chi connectivity index (χ0) is 20.3. The minimum absolute atomic E-state index is 0.121. The van der Waals surface area contributed by atoms with Gasteiger partial charge in [-0.05, 0) is 29.5 Å². The molecule has 0 aromatic heterocycles. The van der Waals surface area contributed by atoms with Crippen molar-refractivity contribution in [3.8, 4) is 0 Å². The van der Waals surface area contributed by atoms with Gasteiger partial charge in [0.1, 0.15) is 6.04 Å². The summed E-state index contributed by atoms with van der Waals surface area (Å²) in [7, 11) is 0. The highest BCUT2D eigenvalue weighted by Gasteiger charge is 2.19. The Balaban J connectivity index is 1.63. The van der Waals surface area contributed by atoms with Crippen LogP contribution >= 0.6 is 0 Å². The van der Waals surface area contributed by atoms with Crippen LogP contribution in [0.4, 0.5) is 0 Å². The lowest BCUT2D eigenvalue weighted by atomic mass is 10.0. The number of rotatable bonds is 11. The smallest absolute Gasteiger partial charge is 0.321 e. The van der Waals surface area contributed by atoms with Crippen LogP contribution in [-0.4, -0.2) is 29.7 Å². The molecular formula is C25H28N2O2. The number of carboxylic acid groups (broad SMARTS) is 1. The van der Waals surface area contributed by atoms with Gasteiger partial charge in [-0.3, -0.25) is 4.79 Å². The van der Waals surface area contributed by atoms with Crippen LogP contribution in [0.3, 0.4) is 0 Å². The van der Waals surface area contributed by atoms with Gasteiger partial charge in [-0.2, -0.15) is 0 Å². The predicted octanol–water partition coefficient (Wildman–Crippen LogP) is 3.67. The van der Waals surface area contributed by atoms with Crippen molar-refractivity contribution in [1.29, 1.82) is 0 Å². The molecule has 0 bridgehead atoms. The Morgan fingerprint density at radius 1 is 0.690 bits per heavy atom. The van der Waals surface area contributed by atoms with Crippen LogP contribution in [0.2, 0.25) is 0 Å². The molecule has 0 heterocycles. The van der Waals surface area contributed by atoms with Gasteiger partial charge in [-0.1, -0.05) is 91.0 Å². The fourth-order valence-electron chi connectivity index (χ4n) is 3.35. The summed E-state index contributed by atoms with van der Waals surface area (Å²) in [5, 5.41) is 16.5. The standard InChI is InChI=1S/C25H28N2O2/c28-25(29)24(17-21-12-6-2-7-13-21)27-19-23(16-20-10-4-1-5-11-20)26-18-22-14-8-3-9-15-22/h1-15,23-24,26-27H,16-19H2,(H,28,29)/t23-,24+/m1/s1. The number of carboxylic acids is 1. The Morgan fingerprint density at radius 2 is 1.17 bits per heavy atom. The molecule has 0 aliphatic carbocycles. The Hall–Kier alpha value is -2.95. The summed E-state index contributed by atoms with van der Waals surface area (Å²) in [4.78, 5) is 11.8. The summed E-state index contributed by atoms with van der Waals surface area (Å²) in [6, 6.07) is 29.8. The quantitative estimate of drug-likeness (QED) is 0.469. The molecule has 150 valence electrons. The molecule has 3 aromatic rings. The van der Waals surface area contributed by atoms with Gasteiger partial charge in [0, 0.05) is 19.1 Å². The highest BCUT2D eigenvalue weighted by atomic mass is 16.4. The predicted molar refractivity (Wildman–Crippen MR) is 117 cm³/mol. The number of aliphatic carboxylic acids is 1. The normalized spacial score (nSPS) is 13.0. The number of hydrogen-bond acceptors (Lipinski definition) is 3. The maximum absolute atomic E-state index is 11.8. The van der Waals surface area contributed by atoms with Crippen molar-refractivity contribution in [3.05, 3.63) is 108 Å². The maximum atomic E-state index is 11.8. The number of hydrogen-bond donors (Lipinski definition) is 3. The first kappa shape index (κ1) is 20.8. The van der Waals surface area contributed by atoms with E-state index in [-0.39, 0.29) is 6.04 Å². The highest BCUT2D eigenvalue weighted by Crippen LogP contribution is 2.07. The molecule has 0 amide bonds. The molecule has 3 N–H and O–H groups in total. The van der Waals surface area contributed by atoms with Crippen LogP contribution in [-0.2, 0) is 24.2 Å². The van der Waals surface area contributed by atoms with Gasteiger partial charge in [0.25, 0.3) is 0 Å². The maximum Gasteiger partial charge on any atom is 0.321 e. The molecule has 0 unspecified atom stereocenters. The fraction of sp³-hybridized carbons (Fsp3) is 0.240. The molecule has 4 nitrogen and oxygen atoms in total. The lowest BCUT2D eigenvalue weighted by molar-refractivity contribution is -0.139. The van der Waals surface area contributed by atoms with E-state index in [1.807, 2.05) is 66.7 Å². The minimum atomic E-state index is -0.824. The minimum Gasteiger partial charge on any atom is -0.480 e. The highest BCUT2D eigenvalue weighted by molar-refractivity contribution is 5.73. The summed E-state index contributed by atoms with van der Waals surface area (Å²) in [5.41, 5.74) is 3.46. The molecule has 0 spiro atoms. The van der Waals surface area contributed by atoms with Crippen molar-refractivity contribution in [2.75, 3.05) is 6.54 Å². The van der Waals surface area contributed by atoms with Crippen molar-refractivity contribution in [3.63, 3.8) is 0 Å². The summed E-state index contributed by atoms with van der Waals surface area (Å²) in [6.45, 7) is 1.32. The lowest BCUT2D eigenvalue weighted by Crippen LogP contribution is -2.47. The molecular weight excluding hydrogens is 360 g/mol. The van der Waals surface area contributed by atoms with Crippen LogP contribution in [0, 0.1) is 0 Å². The monoisotopic (exact) mass is 388 g/mol. The lowest BCUT2D eigenvalue weighted by Gasteiger charge is -2.23. The summed E-state index contributed by atoms with van der Waals surface area (Å²) < 4.78 is 0. The van der Waals surface area contributed by atoms with Gasteiger partial charge in [0.2, 0.25) is 0 Å². The zero-order valence-electron chi connectivity index (χ0n) is 16.5. The second kappa shape index (κ2) is 11.1. The van der Waals surface area contributed by atoms with E-state index in [1.165, 1.54) is 11.1 Å². The first-order valence-corrected chi connectivity index (χ1v) is 10.0. The van der Waals surface area contributed by atoms with Gasteiger partial charge in [0.15, 0.2) is 0 Å². The van der Waals surface area contributed by atoms with Crippen LogP contribution in [0.15, 0.2) is 91.0 Å². The SMILES string of the molecule is O=C(O)[C@H](Cc1ccccc1)NC[C@@H](Cc1ccccc1)NCc1ccccc1. The van der Waals surface area contributed by atoms with E-state index < -0.39 is 12.0 Å². The molecule has 2 atom stereocenters. The van der Waals surface area contributed by atoms with Gasteiger partial charge in [-0.15, -0.1) is 0 Å². The Kier molecular flexibility index (Phi) is 7.99. The molecule has 0 aliphatic heterocycles. The molecule has 3 aromatic carbocycles. The van der Waals surface area contributed by atoms with E-state index in [0.29, 0.717) is 13.0 Å². The van der Waals surface area contributed by atoms with Gasteiger partial charge in [0.05, 0.1) is 0 Å². The van der Waals surface area contributed by atoms with Crippen molar-refractivity contribution in [2.24, 2.45) is 0 Å². The van der Waals surface area contributed by atoms with E-state index in [1.54, 1.807) is 0 Å². The van der Waals surface area contributed by atoms with Gasteiger partial charge >= 0.3 is 5.97 Å². The van der Waals surface area contributed by atoms with Crippen LogP contribution < -0.4 is 10.6 Å². The Bertz CT molecular complexity index is 854. The Labute approximate surface area is 172 Å². The molecule has 0 fully saturated rings. The van der Waals surface area contributed by atoms with Crippen molar-refractivity contribution >= 4 is 5.97 Å². The molecule has 4 heteroatoms. The van der Waals surface area contributed by atoms with Crippen molar-refractivity contribution < 1.29 is 9.90 Å². The first-order chi connectivity index (χ1) is 14.2. The van der Waals surface area contributed by atoms with E-state index in [2.05, 4.69) is 34.9 Å². The fourth-order valence-corrected chi connectivity index (χ4v) is 3.35. The van der Waals surface area contributed by atoms with Gasteiger partial charge < -0.3 is 15.7 Å². The molecule has 3 rings (SSSR count). The van der Waals surface area contributed by atoms with E-state index >= 15 is 0 Å². The molecule has 0 aliphatic rings. The second-order valence-electron chi connectivity index (χ2n) is 7.24. The Morgan fingerprint density at radius 3 is 1.69 bits per heavy atom. The van der Waals surface area contributed by atoms with E-state index in [9.17, 15) is 9.90 Å². The van der Waals surface area contributed by atoms with Crippen LogP contribution in [0.1, 0.15) is 16.7 Å². The van der Waals surface area contributed by atoms with Gasteiger partial charge in [-0.25, -0.2) is 0 Å². The van der Waals surface area contributed by atoms with Crippen LogP contribution in [0.5, 0.6) is 0 Å².